The van der Waals surface area contributed by atoms with Crippen LogP contribution in [0, 0.1) is 17.3 Å². The van der Waals surface area contributed by atoms with E-state index in [1.54, 1.807) is 0 Å². The monoisotopic (exact) mass is 212 g/mol. The summed E-state index contributed by atoms with van der Waals surface area (Å²) in [4.78, 5) is 0. The standard InChI is InChI=1S/C15H32/c1-7-11-13(8-2)14(9-3)12-15(5,6)10-4/h13-14H,7-12H2,1-6H3. The fraction of sp³-hybridized carbons (Fsp3) is 1.00. The molecule has 0 saturated heterocycles. The fourth-order valence-corrected chi connectivity index (χ4v) is 2.64. The van der Waals surface area contributed by atoms with E-state index < -0.39 is 0 Å². The van der Waals surface area contributed by atoms with Crippen LogP contribution in [0.15, 0.2) is 0 Å². The molecule has 0 radical (unpaired) electrons. The average molecular weight is 212 g/mol. The van der Waals surface area contributed by atoms with Crippen molar-refractivity contribution in [1.82, 2.24) is 0 Å². The first kappa shape index (κ1) is 15.0. The Bertz CT molecular complexity index is 146. The zero-order valence-corrected chi connectivity index (χ0v) is 11.9. The van der Waals surface area contributed by atoms with Crippen molar-refractivity contribution in [3.63, 3.8) is 0 Å². The number of hydrogen-bond donors (Lipinski definition) is 0. The molecule has 0 bridgehead atoms. The predicted octanol–water partition coefficient (Wildman–Crippen LogP) is 5.67. The molecule has 0 amide bonds. The van der Waals surface area contributed by atoms with E-state index in [9.17, 15) is 0 Å². The third-order valence-corrected chi connectivity index (χ3v) is 4.15. The van der Waals surface area contributed by atoms with Crippen molar-refractivity contribution < 1.29 is 0 Å². The van der Waals surface area contributed by atoms with Gasteiger partial charge in [-0.2, -0.15) is 0 Å². The van der Waals surface area contributed by atoms with E-state index in [4.69, 9.17) is 0 Å². The van der Waals surface area contributed by atoms with E-state index in [2.05, 4.69) is 41.5 Å². The third kappa shape index (κ3) is 5.58. The minimum absolute atomic E-state index is 0.543. The van der Waals surface area contributed by atoms with E-state index in [-0.39, 0.29) is 0 Å². The molecule has 0 aromatic rings. The molecule has 2 unspecified atom stereocenters. The van der Waals surface area contributed by atoms with E-state index >= 15 is 0 Å². The molecule has 0 heterocycles. The van der Waals surface area contributed by atoms with Crippen LogP contribution in [-0.4, -0.2) is 0 Å². The van der Waals surface area contributed by atoms with E-state index in [1.165, 1.54) is 38.5 Å². The Balaban J connectivity index is 4.32. The molecular formula is C15H32. The summed E-state index contributed by atoms with van der Waals surface area (Å²) in [6.07, 6.45) is 8.23. The molecular weight excluding hydrogens is 180 g/mol. The van der Waals surface area contributed by atoms with Crippen molar-refractivity contribution in [2.75, 3.05) is 0 Å². The molecule has 0 rings (SSSR count). The second-order valence-corrected chi connectivity index (χ2v) is 5.85. The van der Waals surface area contributed by atoms with E-state index in [0.717, 1.165) is 11.8 Å². The minimum atomic E-state index is 0.543. The smallest absolute Gasteiger partial charge is 0.0354 e. The first-order chi connectivity index (χ1) is 7.00. The summed E-state index contributed by atoms with van der Waals surface area (Å²) in [5, 5.41) is 0. The molecule has 0 nitrogen and oxygen atoms in total. The van der Waals surface area contributed by atoms with Gasteiger partial charge in [-0.25, -0.2) is 0 Å². The first-order valence-corrected chi connectivity index (χ1v) is 7.00. The predicted molar refractivity (Wildman–Crippen MR) is 71.2 cm³/mol. The maximum absolute atomic E-state index is 2.42. The lowest BCUT2D eigenvalue weighted by atomic mass is 9.73. The SMILES string of the molecule is CCCC(CC)C(CC)CC(C)(C)CC. The number of rotatable bonds is 8. The summed E-state index contributed by atoms with van der Waals surface area (Å²) < 4.78 is 0. The van der Waals surface area contributed by atoms with Gasteiger partial charge in [0.2, 0.25) is 0 Å². The molecule has 0 aliphatic carbocycles. The molecule has 0 aliphatic rings. The van der Waals surface area contributed by atoms with Crippen LogP contribution in [0.4, 0.5) is 0 Å². The Hall–Kier alpha value is 0. The van der Waals surface area contributed by atoms with Crippen molar-refractivity contribution in [3.8, 4) is 0 Å². The van der Waals surface area contributed by atoms with Crippen LogP contribution >= 0.6 is 0 Å². The van der Waals surface area contributed by atoms with Crippen LogP contribution in [0.25, 0.3) is 0 Å². The Morgan fingerprint density at radius 2 is 1.40 bits per heavy atom. The molecule has 2 atom stereocenters. The van der Waals surface area contributed by atoms with Crippen LogP contribution in [0.1, 0.15) is 80.1 Å². The van der Waals surface area contributed by atoms with Gasteiger partial charge in [0.05, 0.1) is 0 Å². The summed E-state index contributed by atoms with van der Waals surface area (Å²) in [6, 6.07) is 0. The van der Waals surface area contributed by atoms with Crippen molar-refractivity contribution in [3.05, 3.63) is 0 Å². The van der Waals surface area contributed by atoms with Gasteiger partial charge in [-0.05, 0) is 23.7 Å². The van der Waals surface area contributed by atoms with E-state index in [0.29, 0.717) is 5.41 Å². The second kappa shape index (κ2) is 7.30. The van der Waals surface area contributed by atoms with Crippen LogP contribution in [-0.2, 0) is 0 Å². The number of hydrogen-bond acceptors (Lipinski definition) is 0. The van der Waals surface area contributed by atoms with Gasteiger partial charge in [0.25, 0.3) is 0 Å². The molecule has 0 aliphatic heterocycles. The third-order valence-electron chi connectivity index (χ3n) is 4.15. The Kier molecular flexibility index (Phi) is 7.30. The Morgan fingerprint density at radius 1 is 0.867 bits per heavy atom. The van der Waals surface area contributed by atoms with Crippen LogP contribution in [0.5, 0.6) is 0 Å². The van der Waals surface area contributed by atoms with Gasteiger partial charge in [-0.3, -0.25) is 0 Å². The summed E-state index contributed by atoms with van der Waals surface area (Å²) in [5.41, 5.74) is 0.543. The maximum Gasteiger partial charge on any atom is -0.0354 e. The lowest BCUT2D eigenvalue weighted by Gasteiger charge is -2.33. The summed E-state index contributed by atoms with van der Waals surface area (Å²) in [5.74, 6) is 1.91. The maximum atomic E-state index is 2.42. The highest BCUT2D eigenvalue weighted by molar-refractivity contribution is 4.76. The quantitative estimate of drug-likeness (QED) is 0.486. The molecule has 0 aromatic heterocycles. The van der Waals surface area contributed by atoms with Gasteiger partial charge < -0.3 is 0 Å². The first-order valence-electron chi connectivity index (χ1n) is 7.00. The zero-order chi connectivity index (χ0) is 11.9. The van der Waals surface area contributed by atoms with Crippen molar-refractivity contribution >= 4 is 0 Å². The Labute approximate surface area is 97.8 Å². The lowest BCUT2D eigenvalue weighted by Crippen LogP contribution is -2.22. The van der Waals surface area contributed by atoms with Crippen molar-refractivity contribution in [2.24, 2.45) is 17.3 Å². The molecule has 92 valence electrons. The highest BCUT2D eigenvalue weighted by Crippen LogP contribution is 2.36. The molecule has 0 N–H and O–H groups in total. The molecule has 0 spiro atoms. The molecule has 0 aromatic carbocycles. The van der Waals surface area contributed by atoms with Gasteiger partial charge in [-0.15, -0.1) is 0 Å². The second-order valence-electron chi connectivity index (χ2n) is 5.85. The van der Waals surface area contributed by atoms with E-state index in [1.807, 2.05) is 0 Å². The zero-order valence-electron chi connectivity index (χ0n) is 11.9. The molecule has 0 fully saturated rings. The summed E-state index contributed by atoms with van der Waals surface area (Å²) >= 11 is 0. The molecule has 0 heteroatoms. The topological polar surface area (TPSA) is 0 Å². The highest BCUT2D eigenvalue weighted by Gasteiger charge is 2.25. The van der Waals surface area contributed by atoms with Gasteiger partial charge in [-0.1, -0.05) is 73.6 Å². The van der Waals surface area contributed by atoms with Crippen molar-refractivity contribution in [2.45, 2.75) is 80.1 Å². The summed E-state index contributed by atoms with van der Waals surface area (Å²) in [6.45, 7) is 14.2. The largest absolute Gasteiger partial charge is 0.0654 e. The Morgan fingerprint density at radius 3 is 1.73 bits per heavy atom. The van der Waals surface area contributed by atoms with Crippen LogP contribution in [0.2, 0.25) is 0 Å². The lowest BCUT2D eigenvalue weighted by molar-refractivity contribution is 0.183. The minimum Gasteiger partial charge on any atom is -0.0654 e. The van der Waals surface area contributed by atoms with Gasteiger partial charge in [0.15, 0.2) is 0 Å². The average Bonchev–Trinajstić information content (AvgIpc) is 2.23. The summed E-state index contributed by atoms with van der Waals surface area (Å²) in [7, 11) is 0. The van der Waals surface area contributed by atoms with Crippen molar-refractivity contribution in [1.29, 1.82) is 0 Å². The molecule has 15 heavy (non-hydrogen) atoms. The molecule has 0 saturated carbocycles. The van der Waals surface area contributed by atoms with Gasteiger partial charge in [0.1, 0.15) is 0 Å². The van der Waals surface area contributed by atoms with Crippen LogP contribution in [0.3, 0.4) is 0 Å². The van der Waals surface area contributed by atoms with Gasteiger partial charge >= 0.3 is 0 Å². The van der Waals surface area contributed by atoms with Gasteiger partial charge in [0, 0.05) is 0 Å². The normalized spacial score (nSPS) is 16.4. The van der Waals surface area contributed by atoms with Crippen LogP contribution < -0.4 is 0 Å². The highest BCUT2D eigenvalue weighted by atomic mass is 14.3. The fourth-order valence-electron chi connectivity index (χ4n) is 2.64.